The van der Waals surface area contributed by atoms with Gasteiger partial charge in [-0.2, -0.15) is 4.31 Å². The number of hydrogen-bond donors (Lipinski definition) is 0. The molecule has 0 N–H and O–H groups in total. The molecule has 4 rings (SSSR count). The molecule has 7 nitrogen and oxygen atoms in total. The van der Waals surface area contributed by atoms with Crippen LogP contribution in [-0.2, 0) is 21.3 Å². The lowest BCUT2D eigenvalue weighted by Gasteiger charge is -2.34. The Morgan fingerprint density at radius 1 is 0.938 bits per heavy atom. The van der Waals surface area contributed by atoms with E-state index in [0.717, 1.165) is 41.6 Å². The van der Waals surface area contributed by atoms with Crippen molar-refractivity contribution in [3.8, 4) is 0 Å². The van der Waals surface area contributed by atoms with E-state index in [4.69, 9.17) is 4.74 Å². The minimum absolute atomic E-state index is 0.0400. The summed E-state index contributed by atoms with van der Waals surface area (Å²) in [5.41, 5.74) is 1.59. The summed E-state index contributed by atoms with van der Waals surface area (Å²) in [6.07, 6.45) is 0. The molecule has 1 amide bonds. The number of nitrogens with zero attached hydrogens (tertiary/aromatic N) is 3. The molecular weight excluding hydrogens is 440 g/mol. The molecule has 2 aliphatic rings. The van der Waals surface area contributed by atoms with E-state index < -0.39 is 26.6 Å². The van der Waals surface area contributed by atoms with Crippen molar-refractivity contribution in [3.63, 3.8) is 0 Å². The zero-order valence-corrected chi connectivity index (χ0v) is 18.4. The zero-order valence-electron chi connectivity index (χ0n) is 17.5. The minimum atomic E-state index is -4.11. The van der Waals surface area contributed by atoms with E-state index in [1.165, 1.54) is 0 Å². The van der Waals surface area contributed by atoms with Crippen LogP contribution < -0.4 is 0 Å². The monoisotopic (exact) mass is 465 g/mol. The van der Waals surface area contributed by atoms with Crippen LogP contribution in [0.15, 0.2) is 47.4 Å². The Balaban J connectivity index is 1.39. The highest BCUT2D eigenvalue weighted by Crippen LogP contribution is 2.22. The molecule has 0 aromatic heterocycles. The molecule has 0 radical (unpaired) electrons. The Morgan fingerprint density at radius 2 is 1.66 bits per heavy atom. The van der Waals surface area contributed by atoms with E-state index in [2.05, 4.69) is 4.90 Å². The maximum Gasteiger partial charge on any atom is 0.253 e. The van der Waals surface area contributed by atoms with Gasteiger partial charge in [0.05, 0.1) is 13.2 Å². The van der Waals surface area contributed by atoms with Gasteiger partial charge >= 0.3 is 0 Å². The van der Waals surface area contributed by atoms with Crippen LogP contribution in [0.3, 0.4) is 0 Å². The van der Waals surface area contributed by atoms with Crippen molar-refractivity contribution in [2.75, 3.05) is 52.5 Å². The highest BCUT2D eigenvalue weighted by Gasteiger charge is 2.32. The summed E-state index contributed by atoms with van der Waals surface area (Å²) in [6.45, 7) is 4.30. The normalized spacial score (nSPS) is 18.6. The third-order valence-corrected chi connectivity index (χ3v) is 7.65. The summed E-state index contributed by atoms with van der Waals surface area (Å²) in [5, 5.41) is 0. The van der Waals surface area contributed by atoms with Crippen LogP contribution in [0.5, 0.6) is 0 Å². The van der Waals surface area contributed by atoms with Gasteiger partial charge in [0.15, 0.2) is 0 Å². The first kappa shape index (κ1) is 22.8. The second-order valence-electron chi connectivity index (χ2n) is 7.86. The predicted molar refractivity (Wildman–Crippen MR) is 114 cm³/mol. The molecule has 0 atom stereocenters. The van der Waals surface area contributed by atoms with Gasteiger partial charge in [0.2, 0.25) is 10.0 Å². The molecule has 0 unspecified atom stereocenters. The van der Waals surface area contributed by atoms with Crippen molar-refractivity contribution in [1.82, 2.24) is 14.1 Å². The second kappa shape index (κ2) is 9.62. The third-order valence-electron chi connectivity index (χ3n) is 5.72. The summed E-state index contributed by atoms with van der Waals surface area (Å²) < 4.78 is 59.1. The average Bonchev–Trinajstić information content (AvgIpc) is 2.79. The number of piperazine rings is 1. The topological polar surface area (TPSA) is 70.2 Å². The Kier molecular flexibility index (Phi) is 6.85. The van der Waals surface area contributed by atoms with Crippen LogP contribution in [0, 0.1) is 11.6 Å². The first-order chi connectivity index (χ1) is 15.3. The van der Waals surface area contributed by atoms with E-state index in [0.29, 0.717) is 24.8 Å². The Hall–Kier alpha value is -2.40. The van der Waals surface area contributed by atoms with Gasteiger partial charge in [-0.3, -0.25) is 9.69 Å². The summed E-state index contributed by atoms with van der Waals surface area (Å²) in [5.74, 6) is -2.13. The van der Waals surface area contributed by atoms with Crippen LogP contribution >= 0.6 is 0 Å². The Bertz CT molecular complexity index is 1080. The fourth-order valence-electron chi connectivity index (χ4n) is 3.96. The van der Waals surface area contributed by atoms with Crippen molar-refractivity contribution < 1.29 is 26.7 Å². The summed E-state index contributed by atoms with van der Waals surface area (Å²) in [4.78, 5) is 16.3. The van der Waals surface area contributed by atoms with Crippen LogP contribution in [0.4, 0.5) is 8.78 Å². The number of amides is 1. The number of halogens is 2. The van der Waals surface area contributed by atoms with E-state index >= 15 is 0 Å². The number of sulfonamides is 1. The number of rotatable bonds is 5. The average molecular weight is 466 g/mol. The van der Waals surface area contributed by atoms with E-state index in [1.807, 2.05) is 18.2 Å². The molecule has 2 heterocycles. The Labute approximate surface area is 186 Å². The molecule has 172 valence electrons. The molecule has 0 aliphatic carbocycles. The SMILES string of the molecule is O=C(c1cccc(CN2CCOCC2)c1)N1CCN(S(=O)(=O)c2ccc(F)cc2F)CC1. The predicted octanol–water partition coefficient (Wildman–Crippen LogP) is 1.94. The molecule has 0 saturated carbocycles. The standard InChI is InChI=1S/C22H25F2N3O4S/c23-19-4-5-21(20(24)15-19)32(29,30)27-8-6-26(7-9-27)22(28)18-3-1-2-17(14-18)16-25-10-12-31-13-11-25/h1-5,14-15H,6-13,16H2. The third kappa shape index (κ3) is 4.98. The maximum atomic E-state index is 14.0. The molecule has 2 aromatic rings. The first-order valence-corrected chi connectivity index (χ1v) is 11.9. The van der Waals surface area contributed by atoms with Gasteiger partial charge in [0.1, 0.15) is 16.5 Å². The molecule has 10 heteroatoms. The maximum absolute atomic E-state index is 14.0. The van der Waals surface area contributed by atoms with Gasteiger partial charge in [0.25, 0.3) is 5.91 Å². The van der Waals surface area contributed by atoms with Crippen molar-refractivity contribution in [3.05, 3.63) is 65.2 Å². The molecule has 2 fully saturated rings. The van der Waals surface area contributed by atoms with E-state index in [9.17, 15) is 22.0 Å². The van der Waals surface area contributed by atoms with Crippen molar-refractivity contribution in [2.24, 2.45) is 0 Å². The van der Waals surface area contributed by atoms with Gasteiger partial charge in [-0.25, -0.2) is 17.2 Å². The molecule has 2 aliphatic heterocycles. The molecule has 2 aromatic carbocycles. The lowest BCUT2D eigenvalue weighted by Crippen LogP contribution is -2.50. The van der Waals surface area contributed by atoms with Gasteiger partial charge in [-0.1, -0.05) is 12.1 Å². The zero-order chi connectivity index (χ0) is 22.7. The van der Waals surface area contributed by atoms with Crippen molar-refractivity contribution >= 4 is 15.9 Å². The lowest BCUT2D eigenvalue weighted by atomic mass is 10.1. The number of benzene rings is 2. The molecule has 0 bridgehead atoms. The van der Waals surface area contributed by atoms with Crippen LogP contribution in [0.1, 0.15) is 15.9 Å². The van der Waals surface area contributed by atoms with Crippen molar-refractivity contribution in [1.29, 1.82) is 0 Å². The minimum Gasteiger partial charge on any atom is -0.379 e. The second-order valence-corrected chi connectivity index (χ2v) is 9.77. The number of carbonyl (C=O) groups excluding carboxylic acids is 1. The fourth-order valence-corrected chi connectivity index (χ4v) is 5.43. The van der Waals surface area contributed by atoms with Crippen LogP contribution in [0.2, 0.25) is 0 Å². The first-order valence-electron chi connectivity index (χ1n) is 10.5. The number of ether oxygens (including phenoxy) is 1. The highest BCUT2D eigenvalue weighted by molar-refractivity contribution is 7.89. The van der Waals surface area contributed by atoms with Gasteiger partial charge in [-0.15, -0.1) is 0 Å². The number of carbonyl (C=O) groups is 1. The fraction of sp³-hybridized carbons (Fsp3) is 0.409. The smallest absolute Gasteiger partial charge is 0.253 e. The quantitative estimate of drug-likeness (QED) is 0.675. The van der Waals surface area contributed by atoms with Crippen molar-refractivity contribution in [2.45, 2.75) is 11.4 Å². The number of hydrogen-bond acceptors (Lipinski definition) is 5. The van der Waals surface area contributed by atoms with Gasteiger partial charge < -0.3 is 9.64 Å². The van der Waals surface area contributed by atoms with Gasteiger partial charge in [-0.05, 0) is 29.8 Å². The summed E-state index contributed by atoms with van der Waals surface area (Å²) >= 11 is 0. The Morgan fingerprint density at radius 3 is 2.34 bits per heavy atom. The van der Waals surface area contributed by atoms with Gasteiger partial charge in [0, 0.05) is 57.4 Å². The number of morpholine rings is 1. The largest absolute Gasteiger partial charge is 0.379 e. The molecule has 32 heavy (non-hydrogen) atoms. The van der Waals surface area contributed by atoms with E-state index in [1.54, 1.807) is 11.0 Å². The summed E-state index contributed by atoms with van der Waals surface area (Å²) in [7, 11) is -4.11. The van der Waals surface area contributed by atoms with Crippen LogP contribution in [-0.4, -0.2) is 80.9 Å². The summed E-state index contributed by atoms with van der Waals surface area (Å²) in [6, 6.07) is 9.85. The molecule has 0 spiro atoms. The highest BCUT2D eigenvalue weighted by atomic mass is 32.2. The molecular formula is C22H25F2N3O4S. The van der Waals surface area contributed by atoms with Crippen LogP contribution in [0.25, 0.3) is 0 Å². The van der Waals surface area contributed by atoms with E-state index in [-0.39, 0.29) is 32.1 Å². The molecule has 2 saturated heterocycles. The lowest BCUT2D eigenvalue weighted by molar-refractivity contribution is 0.0341.